The van der Waals surface area contributed by atoms with Crippen LogP contribution in [0.3, 0.4) is 0 Å². The minimum Gasteiger partial charge on any atom is -0.341 e. The molecule has 6 nitrogen and oxygen atoms in total. The number of rotatable bonds is 4. The number of nitrogens with one attached hydrogen (secondary N) is 1. The minimum absolute atomic E-state index is 0.148. The highest BCUT2D eigenvalue weighted by Crippen LogP contribution is 2.19. The molecule has 1 saturated heterocycles. The summed E-state index contributed by atoms with van der Waals surface area (Å²) >= 11 is 0. The number of pyridine rings is 1. The number of piperazine rings is 1. The largest absolute Gasteiger partial charge is 0.341 e. The lowest BCUT2D eigenvalue weighted by Gasteiger charge is -2.35. The maximum absolute atomic E-state index is 12.7. The Morgan fingerprint density at radius 2 is 1.96 bits per heavy atom. The summed E-state index contributed by atoms with van der Waals surface area (Å²) in [6, 6.07) is 11.9. The van der Waals surface area contributed by atoms with Crippen molar-refractivity contribution in [1.82, 2.24) is 24.8 Å². The van der Waals surface area contributed by atoms with E-state index in [1.54, 1.807) is 12.4 Å². The second-order valence-electron chi connectivity index (χ2n) is 6.81. The number of aromatic amines is 1. The van der Waals surface area contributed by atoms with Crippen molar-refractivity contribution in [2.75, 3.05) is 26.2 Å². The van der Waals surface area contributed by atoms with Crippen LogP contribution < -0.4 is 0 Å². The molecular weight excluding hydrogens is 326 g/mol. The molecule has 4 rings (SSSR count). The van der Waals surface area contributed by atoms with Gasteiger partial charge in [0.05, 0.1) is 23.5 Å². The fraction of sp³-hybridized carbons (Fsp3) is 0.350. The molecule has 0 bridgehead atoms. The van der Waals surface area contributed by atoms with Crippen LogP contribution in [0, 0.1) is 0 Å². The van der Waals surface area contributed by atoms with Crippen LogP contribution in [0.4, 0.5) is 0 Å². The first kappa shape index (κ1) is 16.7. The second kappa shape index (κ2) is 7.25. The Morgan fingerprint density at radius 1 is 1.15 bits per heavy atom. The van der Waals surface area contributed by atoms with Gasteiger partial charge >= 0.3 is 0 Å². The van der Waals surface area contributed by atoms with Gasteiger partial charge in [0.2, 0.25) is 5.91 Å². The maximum Gasteiger partial charge on any atom is 0.229 e. The number of hydrogen-bond acceptors (Lipinski definition) is 4. The zero-order valence-electron chi connectivity index (χ0n) is 14.9. The highest BCUT2D eigenvalue weighted by molar-refractivity contribution is 5.83. The third-order valence-electron chi connectivity index (χ3n) is 5.05. The second-order valence-corrected chi connectivity index (χ2v) is 6.81. The van der Waals surface area contributed by atoms with Gasteiger partial charge in [0.25, 0.3) is 0 Å². The lowest BCUT2D eigenvalue weighted by atomic mass is 10.0. The van der Waals surface area contributed by atoms with Gasteiger partial charge in [0.1, 0.15) is 5.82 Å². The van der Waals surface area contributed by atoms with E-state index in [4.69, 9.17) is 0 Å². The lowest BCUT2D eigenvalue weighted by Crippen LogP contribution is -2.49. The molecule has 2 aromatic heterocycles. The number of amides is 1. The Bertz CT molecular complexity index is 850. The van der Waals surface area contributed by atoms with E-state index >= 15 is 0 Å². The van der Waals surface area contributed by atoms with E-state index in [1.807, 2.05) is 48.2 Å². The summed E-state index contributed by atoms with van der Waals surface area (Å²) < 4.78 is 0. The monoisotopic (exact) mass is 349 g/mol. The summed E-state index contributed by atoms with van der Waals surface area (Å²) in [6.45, 7) is 5.98. The quantitative estimate of drug-likeness (QED) is 0.786. The first-order valence-corrected chi connectivity index (χ1v) is 9.05. The van der Waals surface area contributed by atoms with Crippen molar-refractivity contribution in [3.05, 3.63) is 60.2 Å². The molecule has 1 N–H and O–H groups in total. The molecule has 0 saturated carbocycles. The van der Waals surface area contributed by atoms with Crippen LogP contribution in [-0.2, 0) is 11.3 Å². The molecule has 3 aromatic rings. The number of hydrogen-bond donors (Lipinski definition) is 1. The molecule has 26 heavy (non-hydrogen) atoms. The van der Waals surface area contributed by atoms with Gasteiger partial charge in [-0.25, -0.2) is 4.98 Å². The molecule has 1 aromatic carbocycles. The molecule has 134 valence electrons. The number of fused-ring (bicyclic) bond motifs is 1. The van der Waals surface area contributed by atoms with Gasteiger partial charge in [-0.2, -0.15) is 0 Å². The topological polar surface area (TPSA) is 65.1 Å². The highest BCUT2D eigenvalue weighted by Gasteiger charge is 2.26. The van der Waals surface area contributed by atoms with Crippen molar-refractivity contribution in [1.29, 1.82) is 0 Å². The summed E-state index contributed by atoms with van der Waals surface area (Å²) in [5.74, 6) is 1.02. The van der Waals surface area contributed by atoms with Crippen molar-refractivity contribution in [2.45, 2.75) is 19.4 Å². The smallest absolute Gasteiger partial charge is 0.229 e. The molecule has 0 spiro atoms. The fourth-order valence-electron chi connectivity index (χ4n) is 3.47. The first-order valence-electron chi connectivity index (χ1n) is 9.05. The predicted molar refractivity (Wildman–Crippen MR) is 101 cm³/mol. The minimum atomic E-state index is -0.148. The third-order valence-corrected chi connectivity index (χ3v) is 5.05. The number of aromatic nitrogens is 3. The van der Waals surface area contributed by atoms with Crippen molar-refractivity contribution in [2.24, 2.45) is 0 Å². The van der Waals surface area contributed by atoms with E-state index in [9.17, 15) is 4.79 Å². The van der Waals surface area contributed by atoms with Crippen LogP contribution in [0.2, 0.25) is 0 Å². The Kier molecular flexibility index (Phi) is 4.67. The molecule has 0 radical (unpaired) electrons. The standard InChI is InChI=1S/C20H23N5O/c1-15(16-5-4-8-21-13-16)20(26)25-11-9-24(10-12-25)14-19-22-17-6-2-3-7-18(17)23-19/h2-8,13,15H,9-12,14H2,1H3,(H,22,23)/t15-/m1/s1. The molecular formula is C20H23N5O. The van der Waals surface area contributed by atoms with E-state index in [2.05, 4.69) is 19.9 Å². The van der Waals surface area contributed by atoms with E-state index < -0.39 is 0 Å². The normalized spacial score (nSPS) is 16.7. The molecule has 1 aliphatic rings. The molecule has 1 aliphatic heterocycles. The maximum atomic E-state index is 12.7. The Balaban J connectivity index is 1.34. The zero-order valence-corrected chi connectivity index (χ0v) is 14.9. The van der Waals surface area contributed by atoms with Crippen molar-refractivity contribution in [3.8, 4) is 0 Å². The number of H-pyrrole nitrogens is 1. The van der Waals surface area contributed by atoms with Crippen LogP contribution in [-0.4, -0.2) is 56.8 Å². The van der Waals surface area contributed by atoms with Gasteiger partial charge in [0.15, 0.2) is 0 Å². The summed E-state index contributed by atoms with van der Waals surface area (Å²) in [5.41, 5.74) is 3.05. The molecule has 1 amide bonds. The van der Waals surface area contributed by atoms with Crippen LogP contribution >= 0.6 is 0 Å². The lowest BCUT2D eigenvalue weighted by molar-refractivity contribution is -0.134. The molecule has 1 atom stereocenters. The zero-order chi connectivity index (χ0) is 17.9. The van der Waals surface area contributed by atoms with Crippen LogP contribution in [0.5, 0.6) is 0 Å². The van der Waals surface area contributed by atoms with Crippen LogP contribution in [0.1, 0.15) is 24.2 Å². The molecule has 0 unspecified atom stereocenters. The summed E-state index contributed by atoms with van der Waals surface area (Å²) in [4.78, 5) is 29.2. The van der Waals surface area contributed by atoms with Gasteiger partial charge in [-0.3, -0.25) is 14.7 Å². The van der Waals surface area contributed by atoms with Gasteiger partial charge in [-0.15, -0.1) is 0 Å². The van der Waals surface area contributed by atoms with Crippen molar-refractivity contribution >= 4 is 16.9 Å². The van der Waals surface area contributed by atoms with Gasteiger partial charge in [-0.05, 0) is 30.7 Å². The number of carbonyl (C=O) groups excluding carboxylic acids is 1. The molecule has 6 heteroatoms. The van der Waals surface area contributed by atoms with Gasteiger partial charge in [-0.1, -0.05) is 18.2 Å². The number of para-hydroxylation sites is 2. The number of imidazole rings is 1. The average molecular weight is 349 g/mol. The van der Waals surface area contributed by atoms with Crippen LogP contribution in [0.15, 0.2) is 48.8 Å². The van der Waals surface area contributed by atoms with E-state index in [0.29, 0.717) is 0 Å². The molecule has 1 fully saturated rings. The molecule has 0 aliphatic carbocycles. The van der Waals surface area contributed by atoms with Crippen LogP contribution in [0.25, 0.3) is 11.0 Å². The Hall–Kier alpha value is -2.73. The number of carbonyl (C=O) groups is 1. The van der Waals surface area contributed by atoms with E-state index in [-0.39, 0.29) is 11.8 Å². The third kappa shape index (κ3) is 3.46. The first-order chi connectivity index (χ1) is 12.7. The SMILES string of the molecule is C[C@@H](C(=O)N1CCN(Cc2nc3ccccc3[nH]2)CC1)c1cccnc1. The highest BCUT2D eigenvalue weighted by atomic mass is 16.2. The average Bonchev–Trinajstić information content (AvgIpc) is 3.10. The van der Waals surface area contributed by atoms with Crippen molar-refractivity contribution < 1.29 is 4.79 Å². The fourth-order valence-corrected chi connectivity index (χ4v) is 3.47. The Labute approximate surface area is 152 Å². The predicted octanol–water partition coefficient (Wildman–Crippen LogP) is 2.41. The van der Waals surface area contributed by atoms with Gasteiger partial charge in [0, 0.05) is 38.6 Å². The van der Waals surface area contributed by atoms with Crippen molar-refractivity contribution in [3.63, 3.8) is 0 Å². The van der Waals surface area contributed by atoms with E-state index in [1.165, 1.54) is 0 Å². The van der Waals surface area contributed by atoms with Gasteiger partial charge < -0.3 is 9.88 Å². The number of nitrogens with zero attached hydrogens (tertiary/aromatic N) is 4. The summed E-state index contributed by atoms with van der Waals surface area (Å²) in [5, 5.41) is 0. The summed E-state index contributed by atoms with van der Waals surface area (Å²) in [6.07, 6.45) is 3.51. The van der Waals surface area contributed by atoms with E-state index in [0.717, 1.165) is 55.1 Å². The number of benzene rings is 1. The molecule has 3 heterocycles. The Morgan fingerprint density at radius 3 is 2.69 bits per heavy atom. The summed E-state index contributed by atoms with van der Waals surface area (Å²) in [7, 11) is 0.